The molecule has 1 rings (SSSR count). The largest absolute Gasteiger partial charge is 0.390 e. The summed E-state index contributed by atoms with van der Waals surface area (Å²) in [5, 5.41) is 10.0. The van der Waals surface area contributed by atoms with Crippen molar-refractivity contribution in [1.29, 1.82) is 0 Å². The van der Waals surface area contributed by atoms with E-state index in [1.165, 1.54) is 0 Å². The van der Waals surface area contributed by atoms with Crippen LogP contribution in [0.15, 0.2) is 0 Å². The molecular formula is C13H28N2O3. The SMILES string of the molecule is CC(C)OCCN(C)CC(O)CN1CCOCC1. The van der Waals surface area contributed by atoms with Crippen molar-refractivity contribution in [2.45, 2.75) is 26.1 Å². The molecule has 1 fully saturated rings. The van der Waals surface area contributed by atoms with E-state index in [-0.39, 0.29) is 12.2 Å². The monoisotopic (exact) mass is 260 g/mol. The highest BCUT2D eigenvalue weighted by molar-refractivity contribution is 4.69. The van der Waals surface area contributed by atoms with Crippen molar-refractivity contribution in [3.05, 3.63) is 0 Å². The van der Waals surface area contributed by atoms with Gasteiger partial charge in [-0.15, -0.1) is 0 Å². The second kappa shape index (κ2) is 8.82. The van der Waals surface area contributed by atoms with Crippen molar-refractivity contribution >= 4 is 0 Å². The van der Waals surface area contributed by atoms with Crippen molar-refractivity contribution in [2.24, 2.45) is 0 Å². The molecule has 0 aromatic heterocycles. The smallest absolute Gasteiger partial charge is 0.0793 e. The third-order valence-electron chi connectivity index (χ3n) is 3.02. The summed E-state index contributed by atoms with van der Waals surface area (Å²) in [6, 6.07) is 0. The predicted octanol–water partition coefficient (Wildman–Crippen LogP) is 0.0363. The maximum Gasteiger partial charge on any atom is 0.0793 e. The third-order valence-corrected chi connectivity index (χ3v) is 3.02. The summed E-state index contributed by atoms with van der Waals surface area (Å²) in [6.45, 7) is 10.5. The van der Waals surface area contributed by atoms with E-state index < -0.39 is 0 Å². The summed E-state index contributed by atoms with van der Waals surface area (Å²) < 4.78 is 10.8. The number of aliphatic hydroxyl groups excluding tert-OH is 1. The molecule has 0 aromatic rings. The summed E-state index contributed by atoms with van der Waals surface area (Å²) in [7, 11) is 2.02. The molecule has 108 valence electrons. The third kappa shape index (κ3) is 7.28. The van der Waals surface area contributed by atoms with E-state index in [1.807, 2.05) is 20.9 Å². The molecule has 0 amide bonds. The molecule has 1 unspecified atom stereocenters. The van der Waals surface area contributed by atoms with E-state index in [1.54, 1.807) is 0 Å². The van der Waals surface area contributed by atoms with Gasteiger partial charge >= 0.3 is 0 Å². The second-order valence-electron chi connectivity index (χ2n) is 5.25. The Morgan fingerprint density at radius 2 is 2.00 bits per heavy atom. The van der Waals surface area contributed by atoms with E-state index >= 15 is 0 Å². The molecule has 5 heteroatoms. The van der Waals surface area contributed by atoms with Crippen LogP contribution in [0.2, 0.25) is 0 Å². The van der Waals surface area contributed by atoms with Gasteiger partial charge in [0.1, 0.15) is 0 Å². The summed E-state index contributed by atoms with van der Waals surface area (Å²) in [5.41, 5.74) is 0. The molecule has 0 aliphatic carbocycles. The molecule has 0 aromatic carbocycles. The average Bonchev–Trinajstić information content (AvgIpc) is 2.29. The van der Waals surface area contributed by atoms with Crippen molar-refractivity contribution in [3.8, 4) is 0 Å². The number of likely N-dealkylation sites (N-methyl/N-ethyl adjacent to an activating group) is 1. The molecule has 1 aliphatic rings. The summed E-state index contributed by atoms with van der Waals surface area (Å²) in [6.07, 6.45) is -0.0242. The van der Waals surface area contributed by atoms with E-state index in [0.29, 0.717) is 6.54 Å². The highest BCUT2D eigenvalue weighted by Crippen LogP contribution is 2.00. The van der Waals surface area contributed by atoms with Crippen LogP contribution >= 0.6 is 0 Å². The quantitative estimate of drug-likeness (QED) is 0.667. The molecule has 0 bridgehead atoms. The lowest BCUT2D eigenvalue weighted by atomic mass is 10.3. The van der Waals surface area contributed by atoms with E-state index in [2.05, 4.69) is 9.80 Å². The minimum atomic E-state index is -0.299. The lowest BCUT2D eigenvalue weighted by Crippen LogP contribution is -2.44. The van der Waals surface area contributed by atoms with Gasteiger partial charge in [0.25, 0.3) is 0 Å². The highest BCUT2D eigenvalue weighted by atomic mass is 16.5. The van der Waals surface area contributed by atoms with E-state index in [4.69, 9.17) is 9.47 Å². The molecule has 1 saturated heterocycles. The van der Waals surface area contributed by atoms with Gasteiger partial charge in [0.15, 0.2) is 0 Å². The molecule has 18 heavy (non-hydrogen) atoms. The van der Waals surface area contributed by atoms with Gasteiger partial charge in [-0.2, -0.15) is 0 Å². The zero-order chi connectivity index (χ0) is 13.4. The number of β-amino-alcohol motifs (C(OH)–C–C–N with tert-alkyl or cyclic N) is 1. The Kier molecular flexibility index (Phi) is 7.77. The van der Waals surface area contributed by atoms with Crippen LogP contribution in [0.3, 0.4) is 0 Å². The summed E-state index contributed by atoms with van der Waals surface area (Å²) >= 11 is 0. The van der Waals surface area contributed by atoms with Gasteiger partial charge in [-0.05, 0) is 20.9 Å². The highest BCUT2D eigenvalue weighted by Gasteiger charge is 2.16. The number of morpholine rings is 1. The fourth-order valence-electron chi connectivity index (χ4n) is 2.03. The van der Waals surface area contributed by atoms with Crippen molar-refractivity contribution in [2.75, 3.05) is 59.6 Å². The Morgan fingerprint density at radius 1 is 1.33 bits per heavy atom. The van der Waals surface area contributed by atoms with E-state index in [0.717, 1.165) is 46.0 Å². The number of aliphatic hydroxyl groups is 1. The molecule has 5 nitrogen and oxygen atoms in total. The first kappa shape index (κ1) is 15.9. The number of ether oxygens (including phenoxy) is 2. The zero-order valence-corrected chi connectivity index (χ0v) is 12.0. The van der Waals surface area contributed by atoms with Crippen LogP contribution in [0.5, 0.6) is 0 Å². The van der Waals surface area contributed by atoms with Crippen molar-refractivity contribution < 1.29 is 14.6 Å². The van der Waals surface area contributed by atoms with Crippen LogP contribution in [0, 0.1) is 0 Å². The van der Waals surface area contributed by atoms with Crippen LogP contribution in [-0.2, 0) is 9.47 Å². The molecule has 0 radical (unpaired) electrons. The molecule has 0 saturated carbocycles. The van der Waals surface area contributed by atoms with Crippen LogP contribution in [-0.4, -0.2) is 86.7 Å². The number of nitrogens with zero attached hydrogens (tertiary/aromatic N) is 2. The minimum Gasteiger partial charge on any atom is -0.390 e. The first-order valence-electron chi connectivity index (χ1n) is 6.86. The molecule has 1 atom stereocenters. The molecule has 1 aliphatic heterocycles. The Bertz CT molecular complexity index is 208. The standard InChI is InChI=1S/C13H28N2O3/c1-12(2)18-9-4-14(3)10-13(16)11-15-5-7-17-8-6-15/h12-13,16H,4-11H2,1-3H3. The molecule has 1 N–H and O–H groups in total. The Hall–Kier alpha value is -0.200. The fourth-order valence-corrected chi connectivity index (χ4v) is 2.03. The lowest BCUT2D eigenvalue weighted by molar-refractivity contribution is 0.00499. The molecule has 1 heterocycles. The second-order valence-corrected chi connectivity index (χ2v) is 5.25. The van der Waals surface area contributed by atoms with Crippen LogP contribution in [0.25, 0.3) is 0 Å². The van der Waals surface area contributed by atoms with Gasteiger partial charge in [-0.3, -0.25) is 4.90 Å². The topological polar surface area (TPSA) is 45.2 Å². The van der Waals surface area contributed by atoms with Gasteiger partial charge in [0, 0.05) is 32.7 Å². The number of rotatable bonds is 8. The number of hydrogen-bond donors (Lipinski definition) is 1. The maximum atomic E-state index is 10.0. The number of hydrogen-bond acceptors (Lipinski definition) is 5. The van der Waals surface area contributed by atoms with Crippen molar-refractivity contribution in [3.63, 3.8) is 0 Å². The van der Waals surface area contributed by atoms with E-state index in [9.17, 15) is 5.11 Å². The van der Waals surface area contributed by atoms with Gasteiger partial charge in [0.2, 0.25) is 0 Å². The molecule has 0 spiro atoms. The summed E-state index contributed by atoms with van der Waals surface area (Å²) in [5.74, 6) is 0. The van der Waals surface area contributed by atoms with Crippen LogP contribution < -0.4 is 0 Å². The Balaban J connectivity index is 2.08. The summed E-state index contributed by atoms with van der Waals surface area (Å²) in [4.78, 5) is 4.38. The zero-order valence-electron chi connectivity index (χ0n) is 12.0. The fraction of sp³-hybridized carbons (Fsp3) is 1.00. The normalized spacial score (nSPS) is 19.7. The van der Waals surface area contributed by atoms with Gasteiger partial charge in [-0.1, -0.05) is 0 Å². The Morgan fingerprint density at radius 3 is 2.61 bits per heavy atom. The van der Waals surface area contributed by atoms with Crippen LogP contribution in [0.1, 0.15) is 13.8 Å². The predicted molar refractivity (Wildman–Crippen MR) is 71.9 cm³/mol. The molecular weight excluding hydrogens is 232 g/mol. The van der Waals surface area contributed by atoms with Gasteiger partial charge in [0.05, 0.1) is 32.0 Å². The average molecular weight is 260 g/mol. The first-order valence-corrected chi connectivity index (χ1v) is 6.86. The lowest BCUT2D eigenvalue weighted by Gasteiger charge is -2.30. The van der Waals surface area contributed by atoms with Gasteiger partial charge < -0.3 is 19.5 Å². The Labute approximate surface area is 111 Å². The maximum absolute atomic E-state index is 10.0. The first-order chi connectivity index (χ1) is 8.58. The van der Waals surface area contributed by atoms with Crippen molar-refractivity contribution in [1.82, 2.24) is 9.80 Å². The van der Waals surface area contributed by atoms with Crippen LogP contribution in [0.4, 0.5) is 0 Å². The van der Waals surface area contributed by atoms with Gasteiger partial charge in [-0.25, -0.2) is 0 Å². The minimum absolute atomic E-state index is 0.275.